The van der Waals surface area contributed by atoms with Gasteiger partial charge in [0.25, 0.3) is 5.09 Å². The van der Waals surface area contributed by atoms with E-state index >= 15 is 0 Å². The lowest BCUT2D eigenvalue weighted by atomic mass is 9.35. The van der Waals surface area contributed by atoms with Crippen LogP contribution in [0, 0.1) is 43.6 Å². The number of carbonyl (C=O) groups is 4. The summed E-state index contributed by atoms with van der Waals surface area (Å²) in [6, 6.07) is 11.5. The van der Waals surface area contributed by atoms with Gasteiger partial charge in [-0.25, -0.2) is 15.1 Å². The van der Waals surface area contributed by atoms with Crippen molar-refractivity contribution in [1.82, 2.24) is 15.3 Å². The van der Waals surface area contributed by atoms with Gasteiger partial charge in [-0.05, 0) is 102 Å². The summed E-state index contributed by atoms with van der Waals surface area (Å²) in [5.41, 5.74) is 11.4. The maximum absolute atomic E-state index is 12.6. The normalized spacial score (nSPS) is 42.5. The molecule has 2 aromatic carbocycles. The molecule has 139 heavy (non-hydrogen) atoms. The molecule has 12 aliphatic rings. The van der Waals surface area contributed by atoms with Crippen molar-refractivity contribution in [2.75, 3.05) is 46.2 Å². The van der Waals surface area contributed by atoms with Crippen LogP contribution in [-0.4, -0.2) is 438 Å². The van der Waals surface area contributed by atoms with E-state index in [2.05, 4.69) is 57.6 Å². The van der Waals surface area contributed by atoms with Crippen molar-refractivity contribution in [2.45, 2.75) is 302 Å². The van der Waals surface area contributed by atoms with E-state index in [9.17, 15) is 147 Å². The summed E-state index contributed by atoms with van der Waals surface area (Å²) >= 11 is 12.0. The van der Waals surface area contributed by atoms with Crippen LogP contribution in [0.4, 0.5) is 4.79 Å². The number of fused-ring (bicyclic) bond motifs is 8. The SMILES string of the molecule is CC1=C(O)C(=O)C=C2C1=CC=C1[C@@]2(C)CC[C@]2(C)[C@@H]3C[C@@H](C)C(=O)C[C@]3(C)CC[C@@]12C.NC(=O)NO.O=C(O)c1nn(Cc2ccc(Cl)cc2Cl)c2ccccc12.O=[N+]([O-])O.OC[C@H]1O[C@@H](OC[C@H]2O[C@@H](O)[C@H](O)[C@@H](O[C@@H]3O[C@H](CO)[C@@H](O)[C@H](O[C@@H]4O[C@H](CO)[C@@H](O)[C@H](O[C@@H]5O[C@H](CO[C@@H]6O[C@H](CO)[C@@H](O)[C@H](O)[C@H]6O)[C@@H](O)[C@H](O[C@@H]6O[C@H](CO)[C@@H](O)[C@H](O)[C@H]6O)[C@H]5O)[C@H]4O)[C@H]3O)[C@@H]2O)[C@H](O)[C@@H](O)[C@@H]1O. The summed E-state index contributed by atoms with van der Waals surface area (Å²) in [5, 5.41) is 291. The van der Waals surface area contributed by atoms with Crippen molar-refractivity contribution in [3.63, 3.8) is 0 Å². The Morgan fingerprint density at radius 3 is 1.42 bits per heavy atom. The van der Waals surface area contributed by atoms with E-state index in [-0.39, 0.29) is 44.8 Å². The standard InChI is InChI=1S/C42H72O36.C28H36O3.C15H10Cl2N2O2.CH4N2O2.HNO3/c43-1-8-15(48)22(55)25(58)37(69-8)66-6-13-20(53)32(28(61)36(65)68-13)75-40-29(62)33(18(51)11(4-46)72-40)77-41-30(63)34(19(52)12(5-47)73-41)78-42-31(64)35(76-39-27(60)24(57)17(50)10(3-45)71-39)21(54)14(74-42)7-67-38-26(59)23(56)16(49)9(2-44)70-38;1-16-13-23-25(3,15-21(16)30)9-11-27(5)22-8-7-18-17(2)24(31)20(29)14-19(18)26(22,4)10-12-28(23,27)6;16-10-6-5-9(12(17)7-10)8-19-13-4-2-1-3-11(13)14(18-19)15(20)21;2-1(4)3-5;2-1(3)4/h8-65H,1-7H2;7-8,14,16,23,31H,9-13,15H2,1-6H3;1-7H,8H2,(H,20,21);5H,(H3,2,3,4);(H,2,3,4)/t8-,9-,10-,11-,12-,13-,14-,15-,16-,17-,18-,19-,20-,21-,22+,23+,24+,25-,26-,27-,28-,29-,30-,31-,32+,33+,34+,35+,36-,37-,38-,39+,40+,41+,42+;16-,23-,25+,26+,27+,28-;;;/m11.../s1. The Labute approximate surface area is 800 Å². The van der Waals surface area contributed by atoms with Crippen LogP contribution < -0.4 is 11.2 Å². The van der Waals surface area contributed by atoms with Crippen molar-refractivity contribution < 1.29 is 224 Å². The average molecular weight is 2030 g/mol. The summed E-state index contributed by atoms with van der Waals surface area (Å²) in [6.45, 7) is 7.43. The second kappa shape index (κ2) is 46.6. The third kappa shape index (κ3) is 23.3. The molecule has 3 aromatic rings. The number of primary amides is 1. The number of Topliss-reactive ketones (excluding diaryl/α,β-unsaturated/α-hetero) is 1. The lowest BCUT2D eigenvalue weighted by Crippen LogP contribution is -2.68. The molecule has 0 bridgehead atoms. The van der Waals surface area contributed by atoms with Crippen LogP contribution in [0.15, 0.2) is 88.7 Å². The molecule has 1 aromatic heterocycles. The van der Waals surface area contributed by atoms with Gasteiger partial charge in [-0.2, -0.15) is 5.10 Å². The highest BCUT2D eigenvalue weighted by molar-refractivity contribution is 6.35. The fourth-order valence-corrected chi connectivity index (χ4v) is 20.8. The van der Waals surface area contributed by atoms with E-state index in [0.29, 0.717) is 39.3 Å². The number of urea groups is 1. The largest absolute Gasteiger partial charge is 0.504 e. The van der Waals surface area contributed by atoms with E-state index in [0.717, 1.165) is 60.8 Å². The average Bonchev–Trinajstić information content (AvgIpc) is 0.889. The minimum Gasteiger partial charge on any atom is -0.504 e. The fraction of sp³-hybridized carbons (Fsp3) is 0.709. The van der Waals surface area contributed by atoms with Gasteiger partial charge in [0.1, 0.15) is 177 Å². The number of amides is 2. The van der Waals surface area contributed by atoms with E-state index in [1.165, 1.54) is 11.1 Å². The number of nitrogens with zero attached hydrogens (tertiary/aromatic N) is 3. The molecule has 41 atom stereocenters. The second-order valence-electron chi connectivity index (χ2n) is 37.0. The first-order chi connectivity index (χ1) is 65.3. The number of benzene rings is 2. The quantitative estimate of drug-likeness (QED) is 0.0252. The molecule has 7 aliphatic heterocycles. The number of rotatable bonds is 22. The number of halogens is 2. The third-order valence-electron chi connectivity index (χ3n) is 28.5. The molecule has 7 saturated heterocycles. The summed E-state index contributed by atoms with van der Waals surface area (Å²) in [7, 11) is 0. The lowest BCUT2D eigenvalue weighted by Gasteiger charge is -2.69. The zero-order valence-electron chi connectivity index (χ0n) is 75.5. The number of aromatic nitrogens is 2. The smallest absolute Gasteiger partial charge is 0.357 e. The van der Waals surface area contributed by atoms with Gasteiger partial charge in [-0.3, -0.25) is 19.5 Å². The van der Waals surface area contributed by atoms with Crippen LogP contribution in [-0.2, 0) is 77.7 Å². The number of aliphatic hydroxyl groups is 24. The lowest BCUT2D eigenvalue weighted by molar-refractivity contribution is -0.742. The van der Waals surface area contributed by atoms with Gasteiger partial charge in [0.05, 0.1) is 58.3 Å². The molecule has 51 nitrogen and oxygen atoms in total. The minimum absolute atomic E-state index is 0.0350. The summed E-state index contributed by atoms with van der Waals surface area (Å²) < 4.78 is 73.7. The monoisotopic (exact) mass is 2030 g/mol. The molecule has 0 radical (unpaired) electrons. The number of hydrogen-bond donors (Lipinski definition) is 29. The molecular formula is C86H123Cl2N5O46. The Morgan fingerprint density at radius 2 is 0.971 bits per heavy atom. The van der Waals surface area contributed by atoms with Crippen molar-refractivity contribution in [3.8, 4) is 0 Å². The van der Waals surface area contributed by atoms with E-state index in [4.69, 9.17) is 105 Å². The second-order valence-corrected chi connectivity index (χ2v) is 37.9. The number of carboxylic acid groups (broad SMARTS) is 1. The molecule has 53 heteroatoms. The number of nitrogens with one attached hydrogen (secondary N) is 1. The highest BCUT2D eigenvalue weighted by Crippen LogP contribution is 2.75. The Bertz CT molecular complexity index is 4840. The van der Waals surface area contributed by atoms with Crippen molar-refractivity contribution in [1.29, 1.82) is 0 Å². The number of allylic oxidation sites excluding steroid dienone is 7. The van der Waals surface area contributed by atoms with Crippen LogP contribution >= 0.6 is 23.2 Å². The van der Waals surface area contributed by atoms with Crippen LogP contribution in [0.5, 0.6) is 0 Å². The Morgan fingerprint density at radius 1 is 0.561 bits per heavy atom. The van der Waals surface area contributed by atoms with Crippen LogP contribution in [0.25, 0.3) is 10.9 Å². The molecule has 2 amide bonds. The third-order valence-corrected chi connectivity index (χ3v) is 29.1. The predicted molar refractivity (Wildman–Crippen MR) is 460 cm³/mol. The van der Waals surface area contributed by atoms with E-state index in [1.807, 2.05) is 25.1 Å². The van der Waals surface area contributed by atoms with Gasteiger partial charge in [0.15, 0.2) is 55.5 Å². The molecule has 8 heterocycles. The number of ketones is 2. The molecule has 15 rings (SSSR count). The molecule has 0 unspecified atom stereocenters. The van der Waals surface area contributed by atoms with E-state index < -0.39 is 278 Å². The maximum Gasteiger partial charge on any atom is 0.357 e. The van der Waals surface area contributed by atoms with Crippen LogP contribution in [0.1, 0.15) is 96.1 Å². The first kappa shape index (κ1) is 112. The highest BCUT2D eigenvalue weighted by Gasteiger charge is 2.68. The first-order valence-electron chi connectivity index (χ1n) is 44.4. The zero-order chi connectivity index (χ0) is 103. The molecule has 3 saturated carbocycles. The summed E-state index contributed by atoms with van der Waals surface area (Å²) in [6.07, 6.45) is -57.3. The molecular weight excluding hydrogens is 1910 g/mol. The molecule has 0 spiro atoms. The van der Waals surface area contributed by atoms with Gasteiger partial charge in [-0.15, -0.1) is 10.1 Å². The highest BCUT2D eigenvalue weighted by atomic mass is 35.5. The summed E-state index contributed by atoms with van der Waals surface area (Å²) in [5.74, 6) is -0.282. The van der Waals surface area contributed by atoms with Gasteiger partial charge in [-0.1, -0.05) is 99.8 Å². The molecule has 5 aliphatic carbocycles. The maximum atomic E-state index is 12.6. The zero-order valence-corrected chi connectivity index (χ0v) is 77.1. The first-order valence-corrected chi connectivity index (χ1v) is 45.1. The molecule has 10 fully saturated rings. The van der Waals surface area contributed by atoms with Gasteiger partial charge in [0, 0.05) is 38.8 Å². The Kier molecular flexibility index (Phi) is 37.7. The molecule has 782 valence electrons. The van der Waals surface area contributed by atoms with Crippen molar-refractivity contribution >= 4 is 57.7 Å². The number of carbonyl (C=O) groups excluding carboxylic acids is 3. The van der Waals surface area contributed by atoms with Crippen LogP contribution in [0.3, 0.4) is 0 Å². The van der Waals surface area contributed by atoms with Gasteiger partial charge in [0.2, 0.25) is 5.78 Å². The number of aromatic carboxylic acids is 1. The topological polar surface area (TPSA) is 833 Å². The van der Waals surface area contributed by atoms with Crippen molar-refractivity contribution in [3.05, 3.63) is 120 Å². The number of carboxylic acids is 1. The number of nitrogens with two attached hydrogens (primary N) is 1. The molecule has 30 N–H and O–H groups in total. The number of hydrogen-bond acceptors (Lipinski definition) is 45. The minimum atomic E-state index is -2.35. The van der Waals surface area contributed by atoms with Crippen molar-refractivity contribution in [2.24, 2.45) is 39.2 Å². The van der Waals surface area contributed by atoms with Crippen LogP contribution in [0.2, 0.25) is 10.0 Å². The number of aliphatic hydroxyl groups excluding tert-OH is 24. The summed E-state index contributed by atoms with van der Waals surface area (Å²) in [4.78, 5) is 54.0. The Hall–Kier alpha value is -6.95. The number of para-hydroxylation sites is 1. The Balaban J connectivity index is 0.000000242. The van der Waals surface area contributed by atoms with Gasteiger partial charge < -0.3 is 200 Å². The van der Waals surface area contributed by atoms with E-state index in [1.54, 1.807) is 35.0 Å². The number of hydroxylamine groups is 1. The van der Waals surface area contributed by atoms with Gasteiger partial charge >= 0.3 is 12.0 Å². The number of ether oxygens (including phenoxy) is 13. The predicted octanol–water partition coefficient (Wildman–Crippen LogP) is -7.07. The fourth-order valence-electron chi connectivity index (χ4n) is 20.4.